The summed E-state index contributed by atoms with van der Waals surface area (Å²) in [6.07, 6.45) is 0.885. The molecule has 1 heterocycles. The molecule has 0 bridgehead atoms. The maximum absolute atomic E-state index is 10.3. The van der Waals surface area contributed by atoms with Crippen molar-refractivity contribution in [3.8, 4) is 0 Å². The van der Waals surface area contributed by atoms with Gasteiger partial charge >= 0.3 is 0 Å². The number of hydrogen-bond acceptors (Lipinski definition) is 3. The zero-order chi connectivity index (χ0) is 13.3. The quantitative estimate of drug-likeness (QED) is 0.871. The normalized spacial score (nSPS) is 12.9. The maximum atomic E-state index is 10.3. The van der Waals surface area contributed by atoms with E-state index in [2.05, 4.69) is 18.9 Å². The fraction of sp³-hybridized carbons (Fsp3) is 0.357. The van der Waals surface area contributed by atoms with Crippen molar-refractivity contribution < 1.29 is 5.11 Å². The monoisotopic (exact) mass is 245 g/mol. The van der Waals surface area contributed by atoms with Crippen molar-refractivity contribution in [1.82, 2.24) is 9.78 Å². The molecule has 1 atom stereocenters. The summed E-state index contributed by atoms with van der Waals surface area (Å²) >= 11 is 0. The maximum Gasteiger partial charge on any atom is 0.127 e. The average Bonchev–Trinajstić information content (AvgIpc) is 2.69. The lowest BCUT2D eigenvalue weighted by Crippen LogP contribution is -2.05. The van der Waals surface area contributed by atoms with Gasteiger partial charge in [0.2, 0.25) is 0 Å². The van der Waals surface area contributed by atoms with Gasteiger partial charge in [-0.3, -0.25) is 4.68 Å². The molecular formula is C14H19N3O. The smallest absolute Gasteiger partial charge is 0.127 e. The van der Waals surface area contributed by atoms with Crippen molar-refractivity contribution in [2.75, 3.05) is 5.73 Å². The second-order valence-electron chi connectivity index (χ2n) is 4.83. The van der Waals surface area contributed by atoms with Crippen LogP contribution in [0.1, 0.15) is 42.6 Å². The first-order chi connectivity index (χ1) is 8.50. The zero-order valence-electron chi connectivity index (χ0n) is 11.0. The van der Waals surface area contributed by atoms with Gasteiger partial charge in [0.25, 0.3) is 0 Å². The standard InChI is InChI=1S/C14H19N3O/c1-9(2)10-4-6-11(7-5-10)13(18)12-8-16-17(3)14(12)15/h4-9,13,18H,15H2,1-3H3. The molecule has 0 aliphatic carbocycles. The van der Waals surface area contributed by atoms with E-state index >= 15 is 0 Å². The van der Waals surface area contributed by atoms with Crippen molar-refractivity contribution in [2.24, 2.45) is 7.05 Å². The van der Waals surface area contributed by atoms with Crippen LogP contribution in [0, 0.1) is 0 Å². The molecule has 1 aromatic heterocycles. The first-order valence-corrected chi connectivity index (χ1v) is 6.06. The van der Waals surface area contributed by atoms with E-state index in [0.717, 1.165) is 5.56 Å². The number of hydrogen-bond donors (Lipinski definition) is 2. The number of aliphatic hydroxyl groups is 1. The molecule has 0 radical (unpaired) electrons. The SMILES string of the molecule is CC(C)c1ccc(C(O)c2cnn(C)c2N)cc1. The molecule has 0 aliphatic rings. The highest BCUT2D eigenvalue weighted by molar-refractivity contribution is 5.44. The lowest BCUT2D eigenvalue weighted by atomic mass is 9.98. The highest BCUT2D eigenvalue weighted by atomic mass is 16.3. The number of anilines is 1. The van der Waals surface area contributed by atoms with E-state index in [1.54, 1.807) is 17.9 Å². The van der Waals surface area contributed by atoms with Gasteiger partial charge < -0.3 is 10.8 Å². The lowest BCUT2D eigenvalue weighted by Gasteiger charge is -2.12. The summed E-state index contributed by atoms with van der Waals surface area (Å²) in [6, 6.07) is 7.95. The van der Waals surface area contributed by atoms with Gasteiger partial charge in [-0.25, -0.2) is 0 Å². The van der Waals surface area contributed by atoms with Crippen molar-refractivity contribution >= 4 is 5.82 Å². The van der Waals surface area contributed by atoms with Crippen LogP contribution in [0.4, 0.5) is 5.82 Å². The Bertz CT molecular complexity index is 528. The van der Waals surface area contributed by atoms with Gasteiger partial charge in [-0.05, 0) is 17.0 Å². The molecule has 0 saturated heterocycles. The third kappa shape index (κ3) is 2.24. The number of aliphatic hydroxyl groups excluding tert-OH is 1. The van der Waals surface area contributed by atoms with Crippen molar-refractivity contribution in [3.05, 3.63) is 47.2 Å². The number of rotatable bonds is 3. The summed E-state index contributed by atoms with van der Waals surface area (Å²) in [4.78, 5) is 0. The number of nitrogens with zero attached hydrogens (tertiary/aromatic N) is 2. The summed E-state index contributed by atoms with van der Waals surface area (Å²) < 4.78 is 1.56. The van der Waals surface area contributed by atoms with Crippen LogP contribution < -0.4 is 5.73 Å². The Labute approximate surface area is 107 Å². The number of benzene rings is 1. The van der Waals surface area contributed by atoms with Crippen LogP contribution >= 0.6 is 0 Å². The van der Waals surface area contributed by atoms with Crippen LogP contribution in [0.15, 0.2) is 30.5 Å². The molecule has 2 aromatic rings. The van der Waals surface area contributed by atoms with E-state index in [0.29, 0.717) is 17.3 Å². The summed E-state index contributed by atoms with van der Waals surface area (Å²) in [6.45, 7) is 4.29. The minimum atomic E-state index is -0.722. The van der Waals surface area contributed by atoms with Crippen LogP contribution in [-0.2, 0) is 7.05 Å². The highest BCUT2D eigenvalue weighted by Gasteiger charge is 2.16. The molecule has 0 spiro atoms. The number of aryl methyl sites for hydroxylation is 1. The zero-order valence-corrected chi connectivity index (χ0v) is 11.0. The van der Waals surface area contributed by atoms with E-state index in [1.165, 1.54) is 5.56 Å². The van der Waals surface area contributed by atoms with Crippen LogP contribution in [0.2, 0.25) is 0 Å². The van der Waals surface area contributed by atoms with E-state index < -0.39 is 6.10 Å². The summed E-state index contributed by atoms with van der Waals surface area (Å²) in [5, 5.41) is 14.3. The molecule has 1 unspecified atom stereocenters. The van der Waals surface area contributed by atoms with Gasteiger partial charge in [-0.1, -0.05) is 38.1 Å². The van der Waals surface area contributed by atoms with Gasteiger partial charge in [0, 0.05) is 12.6 Å². The molecule has 2 rings (SSSR count). The van der Waals surface area contributed by atoms with E-state index in [9.17, 15) is 5.11 Å². The highest BCUT2D eigenvalue weighted by Crippen LogP contribution is 2.27. The first-order valence-electron chi connectivity index (χ1n) is 6.06. The molecule has 0 aliphatic heterocycles. The Morgan fingerprint density at radius 2 is 1.72 bits per heavy atom. The number of nitrogens with two attached hydrogens (primary N) is 1. The predicted octanol–water partition coefficient (Wildman–Crippen LogP) is 2.21. The fourth-order valence-electron chi connectivity index (χ4n) is 1.92. The molecule has 4 nitrogen and oxygen atoms in total. The molecule has 0 fully saturated rings. The molecule has 4 heteroatoms. The number of nitrogen functional groups attached to an aromatic ring is 1. The topological polar surface area (TPSA) is 64.1 Å². The van der Waals surface area contributed by atoms with Crippen molar-refractivity contribution in [2.45, 2.75) is 25.9 Å². The van der Waals surface area contributed by atoms with Gasteiger partial charge in [0.1, 0.15) is 11.9 Å². The van der Waals surface area contributed by atoms with Crippen LogP contribution in [0.5, 0.6) is 0 Å². The van der Waals surface area contributed by atoms with Crippen molar-refractivity contribution in [1.29, 1.82) is 0 Å². The summed E-state index contributed by atoms with van der Waals surface area (Å²) in [7, 11) is 1.76. The lowest BCUT2D eigenvalue weighted by molar-refractivity contribution is 0.221. The van der Waals surface area contributed by atoms with E-state index in [-0.39, 0.29) is 0 Å². The molecule has 3 N–H and O–H groups in total. The molecule has 96 valence electrons. The Balaban J connectivity index is 2.29. The van der Waals surface area contributed by atoms with Gasteiger partial charge in [0.05, 0.1) is 6.20 Å². The third-order valence-corrected chi connectivity index (χ3v) is 3.23. The van der Waals surface area contributed by atoms with E-state index in [1.807, 2.05) is 24.3 Å². The molecular weight excluding hydrogens is 226 g/mol. The molecule has 0 amide bonds. The largest absolute Gasteiger partial charge is 0.384 e. The van der Waals surface area contributed by atoms with E-state index in [4.69, 9.17) is 5.73 Å². The van der Waals surface area contributed by atoms with Crippen LogP contribution in [0.3, 0.4) is 0 Å². The first kappa shape index (κ1) is 12.6. The average molecular weight is 245 g/mol. The summed E-state index contributed by atoms with van der Waals surface area (Å²) in [5.41, 5.74) is 8.59. The Kier molecular flexibility index (Phi) is 3.39. The van der Waals surface area contributed by atoms with Gasteiger partial charge in [-0.2, -0.15) is 5.10 Å². The summed E-state index contributed by atoms with van der Waals surface area (Å²) in [5.74, 6) is 0.982. The van der Waals surface area contributed by atoms with Crippen LogP contribution in [0.25, 0.3) is 0 Å². The molecule has 0 saturated carbocycles. The molecule has 18 heavy (non-hydrogen) atoms. The third-order valence-electron chi connectivity index (χ3n) is 3.23. The minimum absolute atomic E-state index is 0.486. The second-order valence-corrected chi connectivity index (χ2v) is 4.83. The minimum Gasteiger partial charge on any atom is -0.384 e. The van der Waals surface area contributed by atoms with Crippen LogP contribution in [-0.4, -0.2) is 14.9 Å². The fourth-order valence-corrected chi connectivity index (χ4v) is 1.92. The Morgan fingerprint density at radius 1 is 1.17 bits per heavy atom. The Morgan fingerprint density at radius 3 is 2.17 bits per heavy atom. The predicted molar refractivity (Wildman–Crippen MR) is 72.2 cm³/mol. The molecule has 1 aromatic carbocycles. The van der Waals surface area contributed by atoms with Gasteiger partial charge in [-0.15, -0.1) is 0 Å². The Hall–Kier alpha value is -1.81. The second kappa shape index (κ2) is 4.82. The van der Waals surface area contributed by atoms with Crippen molar-refractivity contribution in [3.63, 3.8) is 0 Å². The van der Waals surface area contributed by atoms with Gasteiger partial charge in [0.15, 0.2) is 0 Å². The number of aromatic nitrogens is 2.